The summed E-state index contributed by atoms with van der Waals surface area (Å²) in [5.41, 5.74) is 0. The van der Waals surface area contributed by atoms with Gasteiger partial charge in [-0.05, 0) is 51.4 Å². The van der Waals surface area contributed by atoms with Crippen LogP contribution in [0.25, 0.3) is 0 Å². The van der Waals surface area contributed by atoms with Crippen molar-refractivity contribution in [2.45, 2.75) is 450 Å². The fourth-order valence-corrected chi connectivity index (χ4v) is 12.3. The van der Waals surface area contributed by atoms with Crippen molar-refractivity contribution in [2.24, 2.45) is 0 Å². The fourth-order valence-electron chi connectivity index (χ4n) is 12.3. The standard InChI is InChI=1S/C76H149NO5/c1-3-5-7-9-11-13-15-17-19-21-23-24-25-27-30-33-36-40-44-48-52-56-60-64-68-74(79)73(72-78)77-75(80)69-65-61-57-53-49-45-41-37-34-31-28-26-29-32-35-39-43-47-51-55-59-63-67-71-82-76(81)70-66-62-58-54-50-46-42-38-22-20-18-16-14-12-10-8-6-4-2/h20,22,73-74,78-79H,3-19,21,23-72H2,1-2H3,(H,77,80)/b22-20-. The van der Waals surface area contributed by atoms with Gasteiger partial charge in [-0.15, -0.1) is 0 Å². The highest BCUT2D eigenvalue weighted by atomic mass is 16.5. The van der Waals surface area contributed by atoms with E-state index in [2.05, 4.69) is 31.3 Å². The molecular formula is C76H149NO5. The van der Waals surface area contributed by atoms with E-state index >= 15 is 0 Å². The number of hydrogen-bond acceptors (Lipinski definition) is 5. The Hall–Kier alpha value is -1.40. The highest BCUT2D eigenvalue weighted by molar-refractivity contribution is 5.76. The zero-order valence-electron chi connectivity index (χ0n) is 56.0. The van der Waals surface area contributed by atoms with Crippen LogP contribution < -0.4 is 5.32 Å². The molecule has 1 amide bonds. The molecule has 0 saturated heterocycles. The number of aliphatic hydroxyl groups is 2. The van der Waals surface area contributed by atoms with Gasteiger partial charge in [0.2, 0.25) is 5.91 Å². The Morgan fingerprint density at radius 2 is 0.573 bits per heavy atom. The van der Waals surface area contributed by atoms with Gasteiger partial charge >= 0.3 is 5.97 Å². The number of rotatable bonds is 72. The minimum atomic E-state index is -0.665. The van der Waals surface area contributed by atoms with E-state index in [1.807, 2.05) is 0 Å². The molecule has 3 N–H and O–H groups in total. The number of unbranched alkanes of at least 4 members (excludes halogenated alkanes) is 59. The molecule has 2 unspecified atom stereocenters. The van der Waals surface area contributed by atoms with Crippen LogP contribution in [0.3, 0.4) is 0 Å². The van der Waals surface area contributed by atoms with E-state index in [4.69, 9.17) is 4.74 Å². The monoisotopic (exact) mass is 1160 g/mol. The van der Waals surface area contributed by atoms with E-state index < -0.39 is 12.1 Å². The van der Waals surface area contributed by atoms with Crippen LogP contribution in [0.5, 0.6) is 0 Å². The van der Waals surface area contributed by atoms with Crippen molar-refractivity contribution in [2.75, 3.05) is 13.2 Å². The predicted molar refractivity (Wildman–Crippen MR) is 361 cm³/mol. The largest absolute Gasteiger partial charge is 0.466 e. The van der Waals surface area contributed by atoms with E-state index in [0.29, 0.717) is 25.9 Å². The smallest absolute Gasteiger partial charge is 0.305 e. The Morgan fingerprint density at radius 3 is 0.866 bits per heavy atom. The second-order valence-corrected chi connectivity index (χ2v) is 26.3. The second kappa shape index (κ2) is 72.1. The van der Waals surface area contributed by atoms with Crippen LogP contribution in [0.15, 0.2) is 12.2 Å². The van der Waals surface area contributed by atoms with E-state index in [-0.39, 0.29) is 18.5 Å². The van der Waals surface area contributed by atoms with Crippen molar-refractivity contribution in [3.05, 3.63) is 12.2 Å². The Kier molecular flexibility index (Phi) is 70.8. The zero-order valence-corrected chi connectivity index (χ0v) is 56.0. The molecule has 0 heterocycles. The Labute approximate surface area is 514 Å². The van der Waals surface area contributed by atoms with E-state index in [1.165, 1.54) is 360 Å². The van der Waals surface area contributed by atoms with E-state index in [0.717, 1.165) is 44.9 Å². The van der Waals surface area contributed by atoms with Crippen molar-refractivity contribution in [1.82, 2.24) is 5.32 Å². The van der Waals surface area contributed by atoms with Crippen molar-refractivity contribution in [3.8, 4) is 0 Å². The zero-order chi connectivity index (χ0) is 59.2. The topological polar surface area (TPSA) is 95.9 Å². The number of carbonyl (C=O) groups is 2. The first-order chi connectivity index (χ1) is 40.5. The summed E-state index contributed by atoms with van der Waals surface area (Å²) in [6.07, 6.45) is 89.9. The van der Waals surface area contributed by atoms with Crippen LogP contribution in [0.4, 0.5) is 0 Å². The summed E-state index contributed by atoms with van der Waals surface area (Å²) in [6, 6.07) is -0.542. The molecule has 6 nitrogen and oxygen atoms in total. The van der Waals surface area contributed by atoms with Crippen molar-refractivity contribution < 1.29 is 24.5 Å². The summed E-state index contributed by atoms with van der Waals surface area (Å²) in [4.78, 5) is 24.7. The van der Waals surface area contributed by atoms with Crippen LogP contribution in [0.2, 0.25) is 0 Å². The molecule has 0 aliphatic heterocycles. The first-order valence-electron chi connectivity index (χ1n) is 37.9. The molecule has 0 aromatic carbocycles. The van der Waals surface area contributed by atoms with Crippen molar-refractivity contribution in [3.63, 3.8) is 0 Å². The number of carbonyl (C=O) groups excluding carboxylic acids is 2. The molecule has 2 atom stereocenters. The molecule has 82 heavy (non-hydrogen) atoms. The Balaban J connectivity index is 3.36. The number of hydrogen-bond donors (Lipinski definition) is 3. The van der Waals surface area contributed by atoms with Gasteiger partial charge in [0.25, 0.3) is 0 Å². The van der Waals surface area contributed by atoms with Gasteiger partial charge in [0.05, 0.1) is 25.4 Å². The van der Waals surface area contributed by atoms with Crippen LogP contribution >= 0.6 is 0 Å². The summed E-state index contributed by atoms with van der Waals surface area (Å²) in [6.45, 7) is 5.00. The molecule has 0 aromatic rings. The summed E-state index contributed by atoms with van der Waals surface area (Å²) >= 11 is 0. The second-order valence-electron chi connectivity index (χ2n) is 26.3. The molecule has 0 fully saturated rings. The van der Waals surface area contributed by atoms with Crippen LogP contribution in [0, 0.1) is 0 Å². The van der Waals surface area contributed by atoms with Crippen LogP contribution in [-0.2, 0) is 14.3 Å². The van der Waals surface area contributed by atoms with Gasteiger partial charge in [-0.2, -0.15) is 0 Å². The third kappa shape index (κ3) is 67.7. The average Bonchev–Trinajstić information content (AvgIpc) is 3.48. The molecule has 0 aliphatic rings. The normalized spacial score (nSPS) is 12.5. The minimum absolute atomic E-state index is 0.0131. The lowest BCUT2D eigenvalue weighted by atomic mass is 10.0. The minimum Gasteiger partial charge on any atom is -0.466 e. The van der Waals surface area contributed by atoms with Crippen LogP contribution in [-0.4, -0.2) is 47.4 Å². The molecule has 0 bridgehead atoms. The Bertz CT molecular complexity index is 1240. The molecule has 0 saturated carbocycles. The third-order valence-corrected chi connectivity index (χ3v) is 18.1. The maximum absolute atomic E-state index is 12.6. The van der Waals surface area contributed by atoms with Gasteiger partial charge in [0.1, 0.15) is 0 Å². The quantitative estimate of drug-likeness (QED) is 0.0320. The highest BCUT2D eigenvalue weighted by Crippen LogP contribution is 2.20. The molecule has 6 heteroatoms. The summed E-state index contributed by atoms with van der Waals surface area (Å²) in [5.74, 6) is -0.0156. The van der Waals surface area contributed by atoms with Crippen molar-refractivity contribution >= 4 is 11.9 Å². The lowest BCUT2D eigenvalue weighted by Crippen LogP contribution is -2.45. The lowest BCUT2D eigenvalue weighted by molar-refractivity contribution is -0.143. The average molecular weight is 1160 g/mol. The fraction of sp³-hybridized carbons (Fsp3) is 0.947. The van der Waals surface area contributed by atoms with Gasteiger partial charge in [-0.3, -0.25) is 9.59 Å². The molecular weight excluding hydrogens is 1010 g/mol. The summed E-state index contributed by atoms with van der Waals surface area (Å²) in [5, 5.41) is 23.5. The van der Waals surface area contributed by atoms with E-state index in [1.54, 1.807) is 0 Å². The number of allylic oxidation sites excluding steroid dienone is 2. The molecule has 0 aliphatic carbocycles. The molecule has 0 rings (SSSR count). The Morgan fingerprint density at radius 1 is 0.329 bits per heavy atom. The number of aliphatic hydroxyl groups excluding tert-OH is 2. The SMILES string of the molecule is CCCCCCCCC/C=C\CCCCCCCCCC(=O)OCCCCCCCCCCCCCCCCCCCCCCCCCC(=O)NC(CO)C(O)CCCCCCCCCCCCCCCCCCCCCCCCCC. The highest BCUT2D eigenvalue weighted by Gasteiger charge is 2.20. The molecule has 0 aromatic heterocycles. The number of nitrogens with one attached hydrogen (secondary N) is 1. The summed E-state index contributed by atoms with van der Waals surface area (Å²) in [7, 11) is 0. The van der Waals surface area contributed by atoms with E-state index in [9.17, 15) is 19.8 Å². The number of ether oxygens (including phenoxy) is 1. The first-order valence-corrected chi connectivity index (χ1v) is 37.9. The van der Waals surface area contributed by atoms with Gasteiger partial charge in [-0.1, -0.05) is 386 Å². The number of esters is 1. The maximum Gasteiger partial charge on any atom is 0.305 e. The molecule has 0 spiro atoms. The lowest BCUT2D eigenvalue weighted by Gasteiger charge is -2.22. The van der Waals surface area contributed by atoms with Gasteiger partial charge in [0.15, 0.2) is 0 Å². The first kappa shape index (κ1) is 80.6. The van der Waals surface area contributed by atoms with Gasteiger partial charge in [-0.25, -0.2) is 0 Å². The van der Waals surface area contributed by atoms with Gasteiger partial charge in [0, 0.05) is 12.8 Å². The third-order valence-electron chi connectivity index (χ3n) is 18.1. The molecule has 0 radical (unpaired) electrons. The maximum atomic E-state index is 12.6. The molecule has 488 valence electrons. The van der Waals surface area contributed by atoms with Crippen molar-refractivity contribution in [1.29, 1.82) is 0 Å². The number of amides is 1. The predicted octanol–water partition coefficient (Wildman–Crippen LogP) is 24.7. The van der Waals surface area contributed by atoms with Crippen LogP contribution in [0.1, 0.15) is 438 Å². The van der Waals surface area contributed by atoms with Gasteiger partial charge < -0.3 is 20.3 Å². The summed E-state index contributed by atoms with van der Waals surface area (Å²) < 4.78 is 5.51.